The molecule has 2 fully saturated rings. The maximum Gasteiger partial charge on any atom is 0.333 e. The average Bonchev–Trinajstić information content (AvgIpc) is 3.39. The summed E-state index contributed by atoms with van der Waals surface area (Å²) in [7, 11) is -4.11. The average molecular weight is 600 g/mol. The fraction of sp³-hybridized carbons (Fsp3) is 0.375. The van der Waals surface area contributed by atoms with Crippen LogP contribution in [0.1, 0.15) is 45.6 Å². The predicted octanol–water partition coefficient (Wildman–Crippen LogP) is 3.51. The summed E-state index contributed by atoms with van der Waals surface area (Å²) in [6.07, 6.45) is 3.32. The van der Waals surface area contributed by atoms with E-state index in [-0.39, 0.29) is 24.0 Å². The van der Waals surface area contributed by atoms with Gasteiger partial charge in [0.1, 0.15) is 22.1 Å². The van der Waals surface area contributed by atoms with Gasteiger partial charge in [0, 0.05) is 35.2 Å². The summed E-state index contributed by atoms with van der Waals surface area (Å²) in [4.78, 5) is 22.3. The normalized spacial score (nSPS) is 25.2. The molecule has 3 aromatic rings. The van der Waals surface area contributed by atoms with E-state index in [0.717, 1.165) is 16.9 Å². The first-order valence-corrected chi connectivity index (χ1v) is 14.8. The Morgan fingerprint density at radius 3 is 2.79 bits per heavy atom. The summed E-state index contributed by atoms with van der Waals surface area (Å²) >= 11 is 14.0. The van der Waals surface area contributed by atoms with Gasteiger partial charge in [0.15, 0.2) is 0 Å². The Hall–Kier alpha value is -2.16. The smallest absolute Gasteiger partial charge is 0.333 e. The number of anilines is 1. The van der Waals surface area contributed by atoms with Crippen molar-refractivity contribution in [2.75, 3.05) is 18.5 Å². The number of aliphatic hydroxyl groups excluding tert-OH is 1. The fourth-order valence-corrected chi connectivity index (χ4v) is 6.83. The quantitative estimate of drug-likeness (QED) is 0.314. The van der Waals surface area contributed by atoms with Crippen molar-refractivity contribution in [1.29, 1.82) is 0 Å². The number of hydrogen-bond donors (Lipinski definition) is 3. The van der Waals surface area contributed by atoms with E-state index in [1.165, 1.54) is 12.5 Å². The van der Waals surface area contributed by atoms with E-state index in [9.17, 15) is 18.3 Å². The van der Waals surface area contributed by atoms with Crippen molar-refractivity contribution < 1.29 is 27.2 Å². The van der Waals surface area contributed by atoms with Gasteiger partial charge in [-0.25, -0.2) is 15.1 Å². The van der Waals surface area contributed by atoms with Crippen LogP contribution < -0.4 is 10.5 Å². The molecule has 0 amide bonds. The van der Waals surface area contributed by atoms with Crippen LogP contribution >= 0.6 is 34.5 Å². The summed E-state index contributed by atoms with van der Waals surface area (Å²) in [5, 5.41) is 19.0. The van der Waals surface area contributed by atoms with Crippen molar-refractivity contribution in [1.82, 2.24) is 9.97 Å². The number of ether oxygens (including phenoxy) is 1. The molecular formula is C24H24Cl2N4O6S2. The van der Waals surface area contributed by atoms with Crippen LogP contribution in [0, 0.1) is 5.92 Å². The zero-order valence-electron chi connectivity index (χ0n) is 19.8. The summed E-state index contributed by atoms with van der Waals surface area (Å²) < 4.78 is 33.3. The predicted molar refractivity (Wildman–Crippen MR) is 143 cm³/mol. The number of aliphatic hydroxyl groups is 1. The number of rotatable bonds is 9. The van der Waals surface area contributed by atoms with E-state index in [0.29, 0.717) is 51.5 Å². The van der Waals surface area contributed by atoms with Crippen LogP contribution in [0.5, 0.6) is 0 Å². The van der Waals surface area contributed by atoms with E-state index in [4.69, 9.17) is 33.1 Å². The maximum absolute atomic E-state index is 13.6. The minimum Gasteiger partial charge on any atom is -0.393 e. The first-order chi connectivity index (χ1) is 18.1. The molecule has 0 radical (unpaired) electrons. The number of benzene rings is 1. The molecule has 1 saturated heterocycles. The SMILES string of the molecule is NS(=O)(=O)OC[C@H]1C[C@@H](Nc2ncncc2C(=O)c2cc([C@@]3(c4cccc(Cl)c4)CCO3)c(Cl)s2)C[C@@H]1O. The molecule has 14 heteroatoms. The van der Waals surface area contributed by atoms with Gasteiger partial charge in [-0.05, 0) is 36.6 Å². The number of nitrogens with one attached hydrogen (secondary N) is 1. The molecule has 4 N–H and O–H groups in total. The van der Waals surface area contributed by atoms with Crippen molar-refractivity contribution in [3.05, 3.63) is 73.8 Å². The highest BCUT2D eigenvalue weighted by atomic mass is 35.5. The second-order valence-electron chi connectivity index (χ2n) is 9.27. The topological polar surface area (TPSA) is 154 Å². The van der Waals surface area contributed by atoms with Gasteiger partial charge >= 0.3 is 10.3 Å². The number of hydrogen-bond acceptors (Lipinski definition) is 10. The molecule has 4 atom stereocenters. The largest absolute Gasteiger partial charge is 0.393 e. The number of carbonyl (C=O) groups is 1. The molecule has 3 heterocycles. The van der Waals surface area contributed by atoms with E-state index < -0.39 is 27.9 Å². The molecule has 1 aliphatic carbocycles. The third kappa shape index (κ3) is 5.58. The monoisotopic (exact) mass is 598 g/mol. The molecule has 1 saturated carbocycles. The first-order valence-electron chi connectivity index (χ1n) is 11.7. The highest BCUT2D eigenvalue weighted by Crippen LogP contribution is 2.49. The van der Waals surface area contributed by atoms with Crippen LogP contribution in [0.15, 0.2) is 42.9 Å². The summed E-state index contributed by atoms with van der Waals surface area (Å²) in [6, 6.07) is 8.84. The number of aromatic nitrogens is 2. The van der Waals surface area contributed by atoms with Crippen molar-refractivity contribution in [3.63, 3.8) is 0 Å². The van der Waals surface area contributed by atoms with Gasteiger partial charge in [-0.1, -0.05) is 35.3 Å². The minimum absolute atomic E-state index is 0.235. The molecule has 38 heavy (non-hydrogen) atoms. The molecule has 0 unspecified atom stereocenters. The molecule has 1 aromatic carbocycles. The third-order valence-corrected chi connectivity index (χ3v) is 8.90. The van der Waals surface area contributed by atoms with Crippen molar-refractivity contribution in [2.45, 2.75) is 37.0 Å². The van der Waals surface area contributed by atoms with Crippen molar-refractivity contribution in [3.8, 4) is 0 Å². The number of halogens is 2. The van der Waals surface area contributed by atoms with E-state index >= 15 is 0 Å². The number of ketones is 1. The van der Waals surface area contributed by atoms with E-state index in [2.05, 4.69) is 19.5 Å². The van der Waals surface area contributed by atoms with Gasteiger partial charge in [0.25, 0.3) is 0 Å². The van der Waals surface area contributed by atoms with Gasteiger partial charge < -0.3 is 15.2 Å². The standard InChI is InChI=1S/C24H24Cl2N4O6S2/c25-15-3-1-2-14(7-15)24(4-5-35-24)18-9-20(37-22(18)26)21(32)17-10-28-12-29-23(17)30-16-6-13(19(31)8-16)11-36-38(27,33)34/h1-3,7,9-10,12-13,16,19,31H,4-6,8,11H2,(H2,27,33,34)(H,28,29,30)/t13-,16-,19+,24+/m1/s1. The van der Waals surface area contributed by atoms with Crippen LogP contribution in [-0.4, -0.2) is 54.6 Å². The number of carbonyl (C=O) groups excluding carboxylic acids is 1. The molecule has 0 spiro atoms. The van der Waals surface area contributed by atoms with Gasteiger partial charge in [-0.2, -0.15) is 8.42 Å². The molecule has 2 aromatic heterocycles. The Kier molecular flexibility index (Phi) is 7.77. The lowest BCUT2D eigenvalue weighted by atomic mass is 9.81. The molecule has 0 bridgehead atoms. The van der Waals surface area contributed by atoms with Crippen LogP contribution in [0.3, 0.4) is 0 Å². The minimum atomic E-state index is -4.11. The lowest BCUT2D eigenvalue weighted by molar-refractivity contribution is -0.123. The first kappa shape index (κ1) is 27.4. The number of nitrogens with zero attached hydrogens (tertiary/aromatic N) is 2. The molecule has 202 valence electrons. The highest BCUT2D eigenvalue weighted by Gasteiger charge is 2.45. The number of thiophene rings is 1. The lowest BCUT2D eigenvalue weighted by Crippen LogP contribution is -2.41. The lowest BCUT2D eigenvalue weighted by Gasteiger charge is -2.42. The summed E-state index contributed by atoms with van der Waals surface area (Å²) in [6.45, 7) is 0.319. The van der Waals surface area contributed by atoms with Crippen molar-refractivity contribution in [2.24, 2.45) is 11.1 Å². The summed E-state index contributed by atoms with van der Waals surface area (Å²) in [5.41, 5.74) is 1.02. The Morgan fingerprint density at radius 2 is 2.11 bits per heavy atom. The van der Waals surface area contributed by atoms with Gasteiger partial charge in [0.05, 0.1) is 29.8 Å². The highest BCUT2D eigenvalue weighted by molar-refractivity contribution is 7.84. The molecular weight excluding hydrogens is 575 g/mol. The molecule has 2 aliphatic rings. The Balaban J connectivity index is 1.36. The van der Waals surface area contributed by atoms with Crippen LogP contribution in [0.4, 0.5) is 5.82 Å². The van der Waals surface area contributed by atoms with E-state index in [1.807, 2.05) is 18.2 Å². The maximum atomic E-state index is 13.6. The molecule has 10 nitrogen and oxygen atoms in total. The van der Waals surface area contributed by atoms with Gasteiger partial charge in [0.2, 0.25) is 5.78 Å². The Labute approximate surface area is 233 Å². The van der Waals surface area contributed by atoms with Crippen LogP contribution in [-0.2, 0) is 24.8 Å². The zero-order chi connectivity index (χ0) is 27.1. The summed E-state index contributed by atoms with van der Waals surface area (Å²) in [5.74, 6) is -0.471. The van der Waals surface area contributed by atoms with E-state index in [1.54, 1.807) is 12.1 Å². The van der Waals surface area contributed by atoms with Crippen molar-refractivity contribution >= 4 is 56.4 Å². The number of nitrogens with two attached hydrogens (primary N) is 1. The van der Waals surface area contributed by atoms with Crippen LogP contribution in [0.25, 0.3) is 0 Å². The Bertz CT molecular complexity index is 1460. The second-order valence-corrected chi connectivity index (χ2v) is 12.6. The second kappa shape index (κ2) is 10.8. The molecule has 1 aliphatic heterocycles. The Morgan fingerprint density at radius 1 is 1.32 bits per heavy atom. The fourth-order valence-electron chi connectivity index (χ4n) is 4.92. The van der Waals surface area contributed by atoms with Crippen LogP contribution in [0.2, 0.25) is 9.36 Å². The third-order valence-electron chi connectivity index (χ3n) is 6.84. The van der Waals surface area contributed by atoms with Gasteiger partial charge in [-0.15, -0.1) is 11.3 Å². The zero-order valence-corrected chi connectivity index (χ0v) is 23.0. The van der Waals surface area contributed by atoms with Gasteiger partial charge in [-0.3, -0.25) is 8.98 Å². The molecule has 5 rings (SSSR count).